The summed E-state index contributed by atoms with van der Waals surface area (Å²) in [5.74, 6) is 4.70. The zero-order chi connectivity index (χ0) is 21.5. The predicted octanol–water partition coefficient (Wildman–Crippen LogP) is 1.46. The second-order valence-electron chi connectivity index (χ2n) is 7.27. The van der Waals surface area contributed by atoms with E-state index in [1.54, 1.807) is 36.1 Å². The van der Waals surface area contributed by atoms with Crippen molar-refractivity contribution in [1.29, 1.82) is 0 Å². The van der Waals surface area contributed by atoms with Crippen LogP contribution in [0.15, 0.2) is 36.5 Å². The molecular formula is C22H20N4O4. The molecule has 30 heavy (non-hydrogen) atoms. The maximum atomic E-state index is 12.2. The van der Waals surface area contributed by atoms with Gasteiger partial charge in [-0.2, -0.15) is 5.10 Å². The summed E-state index contributed by atoms with van der Waals surface area (Å²) in [6.45, 7) is 2.36. The molecule has 1 aliphatic rings. The van der Waals surface area contributed by atoms with E-state index >= 15 is 0 Å². The molecule has 0 radical (unpaired) electrons. The molecule has 8 nitrogen and oxygen atoms in total. The number of likely N-dealkylation sites (N-methyl/N-ethyl adjacent to an activating group) is 1. The number of hydrogen-bond donors (Lipinski definition) is 1. The van der Waals surface area contributed by atoms with E-state index in [4.69, 9.17) is 4.74 Å². The van der Waals surface area contributed by atoms with Crippen molar-refractivity contribution >= 4 is 22.9 Å². The van der Waals surface area contributed by atoms with E-state index in [-0.39, 0.29) is 12.1 Å². The number of ether oxygens (including phenoxy) is 1. The van der Waals surface area contributed by atoms with Crippen LogP contribution < -0.4 is 0 Å². The average Bonchev–Trinajstić information content (AvgIpc) is 3.25. The molecule has 3 heterocycles. The SMILES string of the molecule is COC(=O)c1nn(-c2cc(C)cc(C#CC3(O)CCN(C)C3=O)c2)c2ncccc12. The fourth-order valence-electron chi connectivity index (χ4n) is 3.48. The number of carbonyl (C=O) groups excluding carboxylic acids is 2. The molecule has 1 saturated heterocycles. The first-order valence-corrected chi connectivity index (χ1v) is 9.37. The third-order valence-corrected chi connectivity index (χ3v) is 5.05. The fourth-order valence-corrected chi connectivity index (χ4v) is 3.48. The van der Waals surface area contributed by atoms with E-state index in [1.807, 2.05) is 19.1 Å². The summed E-state index contributed by atoms with van der Waals surface area (Å²) >= 11 is 0. The van der Waals surface area contributed by atoms with Gasteiger partial charge >= 0.3 is 5.97 Å². The predicted molar refractivity (Wildman–Crippen MR) is 109 cm³/mol. The Morgan fingerprint density at radius 1 is 1.33 bits per heavy atom. The number of aryl methyl sites for hydroxylation is 1. The van der Waals surface area contributed by atoms with E-state index in [0.717, 1.165) is 5.56 Å². The van der Waals surface area contributed by atoms with Crippen molar-refractivity contribution in [1.82, 2.24) is 19.7 Å². The first kappa shape index (κ1) is 19.6. The number of amides is 1. The summed E-state index contributed by atoms with van der Waals surface area (Å²) in [6.07, 6.45) is 1.89. The van der Waals surface area contributed by atoms with Gasteiger partial charge in [0.1, 0.15) is 0 Å². The van der Waals surface area contributed by atoms with Crippen molar-refractivity contribution in [2.45, 2.75) is 18.9 Å². The van der Waals surface area contributed by atoms with Crippen LogP contribution in [0.2, 0.25) is 0 Å². The van der Waals surface area contributed by atoms with Gasteiger partial charge in [-0.1, -0.05) is 11.8 Å². The Kier molecular flexibility index (Phi) is 4.76. The molecule has 3 aromatic rings. The Morgan fingerprint density at radius 3 is 2.83 bits per heavy atom. The normalized spacial score (nSPS) is 18.4. The zero-order valence-corrected chi connectivity index (χ0v) is 16.8. The molecule has 0 bridgehead atoms. The number of pyridine rings is 1. The van der Waals surface area contributed by atoms with E-state index in [2.05, 4.69) is 21.9 Å². The molecule has 1 atom stereocenters. The van der Waals surface area contributed by atoms with Gasteiger partial charge in [0, 0.05) is 31.8 Å². The van der Waals surface area contributed by atoms with Crippen LogP contribution in [0.4, 0.5) is 0 Å². The molecule has 1 N–H and O–H groups in total. The summed E-state index contributed by atoms with van der Waals surface area (Å²) in [5, 5.41) is 15.5. The minimum absolute atomic E-state index is 0.170. The summed E-state index contributed by atoms with van der Waals surface area (Å²) in [4.78, 5) is 30.1. The van der Waals surface area contributed by atoms with Crippen LogP contribution in [-0.2, 0) is 9.53 Å². The van der Waals surface area contributed by atoms with E-state index < -0.39 is 17.5 Å². The third-order valence-electron chi connectivity index (χ3n) is 5.05. The molecule has 152 valence electrons. The quantitative estimate of drug-likeness (QED) is 0.513. The maximum absolute atomic E-state index is 12.2. The van der Waals surface area contributed by atoms with Crippen LogP contribution in [-0.4, -0.2) is 63.0 Å². The Labute approximate surface area is 173 Å². The standard InChI is InChI=1S/C22H20N4O4/c1-14-11-15(6-7-22(29)8-10-25(2)21(22)28)13-16(12-14)26-19-17(5-4-9-23-19)18(24-26)20(27)30-3/h4-5,9,11-13,29H,8,10H2,1-3H3. The highest BCUT2D eigenvalue weighted by Gasteiger charge is 2.42. The first-order chi connectivity index (χ1) is 14.3. The molecule has 8 heteroatoms. The number of rotatable bonds is 2. The highest BCUT2D eigenvalue weighted by Crippen LogP contribution is 2.24. The van der Waals surface area contributed by atoms with Gasteiger partial charge in [-0.15, -0.1) is 0 Å². The van der Waals surface area contributed by atoms with Gasteiger partial charge < -0.3 is 14.7 Å². The van der Waals surface area contributed by atoms with Crippen LogP contribution in [0.3, 0.4) is 0 Å². The van der Waals surface area contributed by atoms with Crippen molar-refractivity contribution < 1.29 is 19.4 Å². The summed E-state index contributed by atoms with van der Waals surface area (Å²) in [5.41, 5.74) is 1.17. The van der Waals surface area contributed by atoms with E-state index in [1.165, 1.54) is 12.0 Å². The van der Waals surface area contributed by atoms with Gasteiger partial charge in [-0.05, 0) is 42.8 Å². The lowest BCUT2D eigenvalue weighted by Crippen LogP contribution is -2.37. The second-order valence-corrected chi connectivity index (χ2v) is 7.27. The largest absolute Gasteiger partial charge is 0.464 e. The van der Waals surface area contributed by atoms with Gasteiger partial charge in [-0.25, -0.2) is 14.5 Å². The number of esters is 1. The lowest BCUT2D eigenvalue weighted by molar-refractivity contribution is -0.137. The van der Waals surface area contributed by atoms with Crippen molar-refractivity contribution in [2.75, 3.05) is 20.7 Å². The zero-order valence-electron chi connectivity index (χ0n) is 16.8. The number of likely N-dealkylation sites (tertiary alicyclic amines) is 1. The molecule has 0 saturated carbocycles. The van der Waals surface area contributed by atoms with Gasteiger partial charge in [-0.3, -0.25) is 4.79 Å². The van der Waals surface area contributed by atoms with E-state index in [0.29, 0.717) is 28.8 Å². The van der Waals surface area contributed by atoms with Gasteiger partial charge in [0.05, 0.1) is 18.2 Å². The number of benzene rings is 1. The molecule has 2 aromatic heterocycles. The number of fused-ring (bicyclic) bond motifs is 1. The van der Waals surface area contributed by atoms with Crippen LogP contribution in [0.25, 0.3) is 16.7 Å². The molecule has 4 rings (SSSR count). The molecule has 1 unspecified atom stereocenters. The van der Waals surface area contributed by atoms with Crippen LogP contribution in [0, 0.1) is 18.8 Å². The van der Waals surface area contributed by atoms with Gasteiger partial charge in [0.15, 0.2) is 11.3 Å². The van der Waals surface area contributed by atoms with Crippen LogP contribution in [0.1, 0.15) is 28.0 Å². The number of carbonyl (C=O) groups is 2. The first-order valence-electron chi connectivity index (χ1n) is 9.37. The van der Waals surface area contributed by atoms with Crippen molar-refractivity contribution in [2.24, 2.45) is 0 Å². The van der Waals surface area contributed by atoms with Crippen LogP contribution in [0.5, 0.6) is 0 Å². The molecule has 1 aromatic carbocycles. The summed E-state index contributed by atoms with van der Waals surface area (Å²) in [6, 6.07) is 8.99. The highest BCUT2D eigenvalue weighted by atomic mass is 16.5. The van der Waals surface area contributed by atoms with Gasteiger partial charge in [0.2, 0.25) is 5.60 Å². The topological polar surface area (TPSA) is 97.5 Å². The highest BCUT2D eigenvalue weighted by molar-refractivity contribution is 6.01. The molecule has 1 amide bonds. The summed E-state index contributed by atoms with van der Waals surface area (Å²) in [7, 11) is 2.94. The molecule has 0 spiro atoms. The number of methoxy groups -OCH3 is 1. The summed E-state index contributed by atoms with van der Waals surface area (Å²) < 4.78 is 6.40. The Hall–Kier alpha value is -3.70. The number of aliphatic hydroxyl groups is 1. The smallest absolute Gasteiger partial charge is 0.359 e. The minimum Gasteiger partial charge on any atom is -0.464 e. The Balaban J connectivity index is 1.80. The lowest BCUT2D eigenvalue weighted by Gasteiger charge is -2.13. The Morgan fingerprint density at radius 2 is 2.13 bits per heavy atom. The molecule has 1 fully saturated rings. The molecule has 1 aliphatic heterocycles. The van der Waals surface area contributed by atoms with Crippen molar-refractivity contribution in [3.8, 4) is 17.5 Å². The lowest BCUT2D eigenvalue weighted by atomic mass is 10.0. The molecule has 0 aliphatic carbocycles. The van der Waals surface area contributed by atoms with Crippen LogP contribution >= 0.6 is 0 Å². The van der Waals surface area contributed by atoms with Crippen molar-refractivity contribution in [3.63, 3.8) is 0 Å². The maximum Gasteiger partial charge on any atom is 0.359 e. The van der Waals surface area contributed by atoms with Crippen molar-refractivity contribution in [3.05, 3.63) is 53.3 Å². The number of aromatic nitrogens is 3. The molecular weight excluding hydrogens is 384 g/mol. The number of nitrogens with zero attached hydrogens (tertiary/aromatic N) is 4. The average molecular weight is 404 g/mol. The fraction of sp³-hybridized carbons (Fsp3) is 0.273. The van der Waals surface area contributed by atoms with E-state index in [9.17, 15) is 14.7 Å². The minimum atomic E-state index is -1.67. The monoisotopic (exact) mass is 404 g/mol. The second kappa shape index (κ2) is 7.28. The number of hydrogen-bond acceptors (Lipinski definition) is 6. The Bertz CT molecular complexity index is 1240. The van der Waals surface area contributed by atoms with Gasteiger partial charge in [0.25, 0.3) is 5.91 Å². The third kappa shape index (κ3) is 3.29.